The van der Waals surface area contributed by atoms with E-state index in [0.717, 1.165) is 16.3 Å². The normalized spacial score (nSPS) is 12.6. The van der Waals surface area contributed by atoms with E-state index >= 15 is 0 Å². The zero-order valence-corrected chi connectivity index (χ0v) is 17.1. The van der Waals surface area contributed by atoms with Gasteiger partial charge >= 0.3 is 6.18 Å². The number of pyridine rings is 1. The Kier molecular flexibility index (Phi) is 6.05. The third-order valence-electron chi connectivity index (χ3n) is 3.50. The lowest BCUT2D eigenvalue weighted by atomic mass is 10.2. The van der Waals surface area contributed by atoms with E-state index in [1.807, 2.05) is 0 Å². The molecule has 0 aromatic carbocycles. The van der Waals surface area contributed by atoms with Crippen molar-refractivity contribution in [3.05, 3.63) is 28.3 Å². The summed E-state index contributed by atoms with van der Waals surface area (Å²) >= 11 is 3.33. The largest absolute Gasteiger partial charge is 0.451 e. The van der Waals surface area contributed by atoms with Gasteiger partial charge in [-0.05, 0) is 35.0 Å². The van der Waals surface area contributed by atoms with Crippen LogP contribution in [0.4, 0.5) is 13.2 Å². The molecule has 0 aliphatic rings. The molecule has 2 rings (SSSR count). The molecule has 0 fully saturated rings. The standard InChI is InChI=1S/C15H20BrF3N4OSi/c1-10-12(16)7-11(8-20-10)13-21-22-14(15(17,18)19)23(13)9-24-5-6-25(2,3)4/h7-8H,5-6,9H2,1-4H3. The molecule has 138 valence electrons. The van der Waals surface area contributed by atoms with E-state index < -0.39 is 20.1 Å². The Bertz CT molecular complexity index is 743. The minimum Gasteiger partial charge on any atom is -0.361 e. The molecule has 0 spiro atoms. The molecule has 0 saturated heterocycles. The van der Waals surface area contributed by atoms with Gasteiger partial charge in [-0.25, -0.2) is 0 Å². The highest BCUT2D eigenvalue weighted by Gasteiger charge is 2.38. The Labute approximate surface area is 153 Å². The van der Waals surface area contributed by atoms with E-state index in [9.17, 15) is 13.2 Å². The summed E-state index contributed by atoms with van der Waals surface area (Å²) in [6.45, 7) is 8.47. The van der Waals surface area contributed by atoms with Gasteiger partial charge in [0.25, 0.3) is 0 Å². The minimum atomic E-state index is -4.61. The molecule has 2 aromatic heterocycles. The lowest BCUT2D eigenvalue weighted by molar-refractivity contribution is -0.149. The van der Waals surface area contributed by atoms with Crippen molar-refractivity contribution in [2.75, 3.05) is 6.61 Å². The first-order valence-electron chi connectivity index (χ1n) is 7.70. The molecular formula is C15H20BrF3N4OSi. The van der Waals surface area contributed by atoms with Crippen LogP contribution < -0.4 is 0 Å². The van der Waals surface area contributed by atoms with Crippen LogP contribution in [0, 0.1) is 6.92 Å². The molecule has 25 heavy (non-hydrogen) atoms. The molecule has 5 nitrogen and oxygen atoms in total. The first kappa shape index (κ1) is 20.1. The van der Waals surface area contributed by atoms with Crippen LogP contribution in [-0.4, -0.2) is 34.4 Å². The van der Waals surface area contributed by atoms with Gasteiger partial charge in [0.15, 0.2) is 5.82 Å². The van der Waals surface area contributed by atoms with Crippen molar-refractivity contribution in [3.63, 3.8) is 0 Å². The summed E-state index contributed by atoms with van der Waals surface area (Å²) in [6, 6.07) is 2.54. The number of rotatable bonds is 6. The van der Waals surface area contributed by atoms with Crippen LogP contribution in [-0.2, 0) is 17.6 Å². The fourth-order valence-electron chi connectivity index (χ4n) is 2.01. The van der Waals surface area contributed by atoms with Gasteiger partial charge in [-0.3, -0.25) is 9.55 Å². The summed E-state index contributed by atoms with van der Waals surface area (Å²) in [5.74, 6) is -0.999. The average Bonchev–Trinajstić information content (AvgIpc) is 2.89. The van der Waals surface area contributed by atoms with Crippen molar-refractivity contribution in [2.24, 2.45) is 0 Å². The molecule has 0 unspecified atom stereocenters. The van der Waals surface area contributed by atoms with Crippen LogP contribution in [0.5, 0.6) is 0 Å². The van der Waals surface area contributed by atoms with Crippen LogP contribution in [0.3, 0.4) is 0 Å². The van der Waals surface area contributed by atoms with Crippen LogP contribution >= 0.6 is 15.9 Å². The molecule has 0 amide bonds. The van der Waals surface area contributed by atoms with Crippen molar-refractivity contribution in [3.8, 4) is 11.4 Å². The fourth-order valence-corrected chi connectivity index (χ4v) is 3.12. The van der Waals surface area contributed by atoms with E-state index in [1.54, 1.807) is 13.0 Å². The van der Waals surface area contributed by atoms with Crippen LogP contribution in [0.15, 0.2) is 16.7 Å². The first-order chi connectivity index (χ1) is 11.5. The van der Waals surface area contributed by atoms with Crippen molar-refractivity contribution >= 4 is 24.0 Å². The van der Waals surface area contributed by atoms with Gasteiger partial charge in [0, 0.05) is 30.9 Å². The van der Waals surface area contributed by atoms with Crippen LogP contribution in [0.2, 0.25) is 25.7 Å². The molecule has 0 bridgehead atoms. The first-order valence-corrected chi connectivity index (χ1v) is 12.2. The van der Waals surface area contributed by atoms with Gasteiger partial charge in [-0.1, -0.05) is 19.6 Å². The minimum absolute atomic E-state index is 0.0773. The number of hydrogen-bond donors (Lipinski definition) is 0. The number of ether oxygens (including phenoxy) is 1. The summed E-state index contributed by atoms with van der Waals surface area (Å²) in [5, 5.41) is 7.03. The number of hydrogen-bond acceptors (Lipinski definition) is 4. The van der Waals surface area contributed by atoms with Gasteiger partial charge in [0.1, 0.15) is 6.73 Å². The monoisotopic (exact) mass is 436 g/mol. The maximum absolute atomic E-state index is 13.2. The van der Waals surface area contributed by atoms with Crippen molar-refractivity contribution in [2.45, 2.75) is 45.5 Å². The van der Waals surface area contributed by atoms with Crippen molar-refractivity contribution in [1.82, 2.24) is 19.7 Å². The Morgan fingerprint density at radius 3 is 2.48 bits per heavy atom. The Hall–Kier alpha value is -1.26. The second-order valence-electron chi connectivity index (χ2n) is 6.91. The molecule has 0 atom stereocenters. The SMILES string of the molecule is Cc1ncc(-c2nnc(C(F)(F)F)n2COCC[Si](C)(C)C)cc1Br. The maximum Gasteiger partial charge on any atom is 0.451 e. The van der Waals surface area contributed by atoms with E-state index in [2.05, 4.69) is 50.8 Å². The van der Waals surface area contributed by atoms with Gasteiger partial charge in [-0.2, -0.15) is 13.2 Å². The van der Waals surface area contributed by atoms with Crippen molar-refractivity contribution < 1.29 is 17.9 Å². The second-order valence-corrected chi connectivity index (χ2v) is 13.4. The van der Waals surface area contributed by atoms with Gasteiger partial charge in [0.2, 0.25) is 5.82 Å². The molecule has 10 heteroatoms. The highest BCUT2D eigenvalue weighted by molar-refractivity contribution is 9.10. The Morgan fingerprint density at radius 1 is 1.24 bits per heavy atom. The predicted molar refractivity (Wildman–Crippen MR) is 94.8 cm³/mol. The predicted octanol–water partition coefficient (Wildman–Crippen LogP) is 4.74. The van der Waals surface area contributed by atoms with E-state index in [-0.39, 0.29) is 12.6 Å². The average molecular weight is 437 g/mol. The van der Waals surface area contributed by atoms with Crippen LogP contribution in [0.1, 0.15) is 11.5 Å². The van der Waals surface area contributed by atoms with E-state index in [1.165, 1.54) is 6.20 Å². The molecule has 2 aromatic rings. The van der Waals surface area contributed by atoms with E-state index in [4.69, 9.17) is 4.74 Å². The van der Waals surface area contributed by atoms with Gasteiger partial charge in [0.05, 0.1) is 5.69 Å². The Balaban J connectivity index is 2.30. The number of aromatic nitrogens is 4. The van der Waals surface area contributed by atoms with E-state index in [0.29, 0.717) is 16.6 Å². The number of nitrogens with zero attached hydrogens (tertiary/aromatic N) is 4. The quantitative estimate of drug-likeness (QED) is 0.484. The lowest BCUT2D eigenvalue weighted by Gasteiger charge is -2.17. The molecular weight excluding hydrogens is 417 g/mol. The molecule has 0 saturated carbocycles. The lowest BCUT2D eigenvalue weighted by Crippen LogP contribution is -2.23. The summed E-state index contributed by atoms with van der Waals surface area (Å²) in [5.41, 5.74) is 1.17. The topological polar surface area (TPSA) is 52.8 Å². The third kappa shape index (κ3) is 5.35. The van der Waals surface area contributed by atoms with Crippen LogP contribution in [0.25, 0.3) is 11.4 Å². The van der Waals surface area contributed by atoms with Crippen molar-refractivity contribution in [1.29, 1.82) is 0 Å². The molecule has 2 heterocycles. The summed E-state index contributed by atoms with van der Waals surface area (Å²) < 4.78 is 46.8. The maximum atomic E-state index is 13.2. The fraction of sp³-hybridized carbons (Fsp3) is 0.533. The summed E-state index contributed by atoms with van der Waals surface area (Å²) in [7, 11) is -1.32. The zero-order valence-electron chi connectivity index (χ0n) is 14.5. The highest BCUT2D eigenvalue weighted by Crippen LogP contribution is 2.31. The third-order valence-corrected chi connectivity index (χ3v) is 6.01. The second kappa shape index (κ2) is 7.54. The summed E-state index contributed by atoms with van der Waals surface area (Å²) in [6.07, 6.45) is -3.13. The molecule has 0 aliphatic heterocycles. The molecule has 0 N–H and O–H groups in total. The number of aryl methyl sites for hydroxylation is 1. The van der Waals surface area contributed by atoms with Gasteiger partial charge in [-0.15, -0.1) is 10.2 Å². The zero-order chi connectivity index (χ0) is 18.8. The highest BCUT2D eigenvalue weighted by atomic mass is 79.9. The molecule has 0 aliphatic carbocycles. The number of halogens is 4. The summed E-state index contributed by atoms with van der Waals surface area (Å²) in [4.78, 5) is 4.15. The Morgan fingerprint density at radius 2 is 1.92 bits per heavy atom. The molecule has 0 radical (unpaired) electrons. The smallest absolute Gasteiger partial charge is 0.361 e. The van der Waals surface area contributed by atoms with Gasteiger partial charge < -0.3 is 4.74 Å². The number of alkyl halides is 3.